The second-order valence-corrected chi connectivity index (χ2v) is 16.8. The Kier molecular flexibility index (Phi) is 7.36. The Hall–Kier alpha value is -1.72. The van der Waals surface area contributed by atoms with Crippen molar-refractivity contribution >= 4 is 48.3 Å². The molecule has 39 heavy (non-hydrogen) atoms. The molecule has 1 aromatic heterocycles. The Morgan fingerprint density at radius 3 is 2.46 bits per heavy atom. The average Bonchev–Trinajstić information content (AvgIpc) is 3.36. The maximum atomic E-state index is 13.7. The lowest BCUT2D eigenvalue weighted by atomic mass is 9.71. The molecule has 8 heteroatoms. The van der Waals surface area contributed by atoms with Gasteiger partial charge in [-0.25, -0.2) is 0 Å². The summed E-state index contributed by atoms with van der Waals surface area (Å²) in [7, 11) is -1.32. The van der Waals surface area contributed by atoms with Gasteiger partial charge in [-0.05, 0) is 90.8 Å². The van der Waals surface area contributed by atoms with Gasteiger partial charge in [0.2, 0.25) is 0 Å². The van der Waals surface area contributed by atoms with Gasteiger partial charge in [-0.2, -0.15) is 0 Å². The molecule has 0 amide bonds. The van der Waals surface area contributed by atoms with Crippen LogP contribution >= 0.6 is 22.6 Å². The quantitative estimate of drug-likeness (QED) is 0.229. The Labute approximate surface area is 247 Å². The Morgan fingerprint density at radius 2 is 1.79 bits per heavy atom. The minimum absolute atomic E-state index is 0.0516. The van der Waals surface area contributed by atoms with Crippen LogP contribution in [-0.2, 0) is 19.3 Å². The van der Waals surface area contributed by atoms with E-state index >= 15 is 0 Å². The fourth-order valence-corrected chi connectivity index (χ4v) is 7.61. The zero-order valence-corrected chi connectivity index (χ0v) is 27.7. The van der Waals surface area contributed by atoms with Crippen molar-refractivity contribution in [3.8, 4) is 5.75 Å². The highest BCUT2D eigenvalue weighted by atomic mass is 127. The van der Waals surface area contributed by atoms with Crippen LogP contribution in [0.25, 0.3) is 10.9 Å². The highest BCUT2D eigenvalue weighted by molar-refractivity contribution is 14.1. The van der Waals surface area contributed by atoms with E-state index in [1.807, 2.05) is 44.2 Å². The molecule has 1 aliphatic heterocycles. The number of hydrogen-bond donors (Lipinski definition) is 1. The smallest absolute Gasteiger partial charge is 0.195 e. The van der Waals surface area contributed by atoms with Crippen molar-refractivity contribution < 1.29 is 23.4 Å². The van der Waals surface area contributed by atoms with Gasteiger partial charge in [0.05, 0.1) is 11.7 Å². The van der Waals surface area contributed by atoms with Gasteiger partial charge in [0.15, 0.2) is 20.6 Å². The van der Waals surface area contributed by atoms with E-state index in [2.05, 4.69) is 81.4 Å². The first-order valence-corrected chi connectivity index (χ1v) is 17.6. The highest BCUT2D eigenvalue weighted by Crippen LogP contribution is 2.45. The predicted molar refractivity (Wildman–Crippen MR) is 166 cm³/mol. The number of H-pyrrole nitrogens is 1. The number of carbonyl (C=O) groups is 1. The summed E-state index contributed by atoms with van der Waals surface area (Å²) in [6.07, 6.45) is -0.643. The van der Waals surface area contributed by atoms with Gasteiger partial charge in [-0.15, -0.1) is 0 Å². The van der Waals surface area contributed by atoms with Crippen LogP contribution in [0.2, 0.25) is 13.1 Å². The molecule has 2 heterocycles. The van der Waals surface area contributed by atoms with Crippen LogP contribution in [-0.4, -0.2) is 50.5 Å². The van der Waals surface area contributed by atoms with Crippen molar-refractivity contribution in [2.75, 3.05) is 6.61 Å². The SMILES string of the molecule is C[SiH](C)OC([C@@H]1OC(C)(C)O[C@@H]1COc1ccc2c(c1)C(C)(C)c1[nH]c3cc(I)ccc3c1C2=O)C(C)(C)C. The molecular formula is C31H40INO5Si. The fourth-order valence-electron chi connectivity index (χ4n) is 5.97. The third-order valence-electron chi connectivity index (χ3n) is 7.73. The van der Waals surface area contributed by atoms with Crippen LogP contribution in [0.15, 0.2) is 36.4 Å². The number of hydrogen-bond acceptors (Lipinski definition) is 5. The number of halogens is 1. The van der Waals surface area contributed by atoms with Gasteiger partial charge < -0.3 is 23.6 Å². The van der Waals surface area contributed by atoms with E-state index in [4.69, 9.17) is 18.6 Å². The van der Waals surface area contributed by atoms with Crippen LogP contribution in [0, 0.1) is 8.99 Å². The Morgan fingerprint density at radius 1 is 1.08 bits per heavy atom. The summed E-state index contributed by atoms with van der Waals surface area (Å²) in [5, 5.41) is 0.974. The molecule has 210 valence electrons. The first-order chi connectivity index (χ1) is 18.1. The van der Waals surface area contributed by atoms with E-state index < -0.39 is 20.2 Å². The van der Waals surface area contributed by atoms with Crippen LogP contribution < -0.4 is 4.74 Å². The minimum Gasteiger partial charge on any atom is -0.491 e. The summed E-state index contributed by atoms with van der Waals surface area (Å²) < 4.78 is 26.7. The molecule has 1 fully saturated rings. The summed E-state index contributed by atoms with van der Waals surface area (Å²) in [6.45, 7) is 19.4. The van der Waals surface area contributed by atoms with E-state index in [0.29, 0.717) is 12.4 Å². The molecule has 0 spiro atoms. The number of aromatic nitrogens is 1. The van der Waals surface area contributed by atoms with E-state index in [9.17, 15) is 4.79 Å². The molecule has 6 nitrogen and oxygen atoms in total. The van der Waals surface area contributed by atoms with E-state index in [1.165, 1.54) is 0 Å². The summed E-state index contributed by atoms with van der Waals surface area (Å²) >= 11 is 2.30. The first-order valence-electron chi connectivity index (χ1n) is 13.7. The Balaban J connectivity index is 1.43. The first kappa shape index (κ1) is 28.8. The van der Waals surface area contributed by atoms with Gasteiger partial charge in [-0.3, -0.25) is 4.79 Å². The Bertz CT molecular complexity index is 1420. The third kappa shape index (κ3) is 5.35. The second-order valence-electron chi connectivity index (χ2n) is 13.1. The number of ether oxygens (including phenoxy) is 3. The van der Waals surface area contributed by atoms with Gasteiger partial charge in [0.1, 0.15) is 24.6 Å². The lowest BCUT2D eigenvalue weighted by Crippen LogP contribution is -2.48. The monoisotopic (exact) mass is 661 g/mol. The second kappa shape index (κ2) is 9.97. The number of benzene rings is 2. The number of ketones is 1. The van der Waals surface area contributed by atoms with Gasteiger partial charge in [0.25, 0.3) is 0 Å². The van der Waals surface area contributed by atoms with Crippen LogP contribution in [0.1, 0.15) is 75.6 Å². The van der Waals surface area contributed by atoms with Crippen molar-refractivity contribution in [2.24, 2.45) is 5.41 Å². The number of rotatable bonds is 6. The third-order valence-corrected chi connectivity index (χ3v) is 9.24. The van der Waals surface area contributed by atoms with Crippen molar-refractivity contribution in [2.45, 2.75) is 91.1 Å². The fraction of sp³-hybridized carbons (Fsp3) is 0.516. The molecule has 3 aromatic rings. The van der Waals surface area contributed by atoms with Crippen molar-refractivity contribution in [3.63, 3.8) is 0 Å². The summed E-state index contributed by atoms with van der Waals surface area (Å²) in [4.78, 5) is 17.3. The molecule has 2 aliphatic rings. The van der Waals surface area contributed by atoms with Crippen molar-refractivity contribution in [1.82, 2.24) is 4.98 Å². The summed E-state index contributed by atoms with van der Waals surface area (Å²) in [5.74, 6) is 0.0380. The van der Waals surface area contributed by atoms with E-state index in [-0.39, 0.29) is 29.5 Å². The van der Waals surface area contributed by atoms with Crippen LogP contribution in [0.3, 0.4) is 0 Å². The number of fused-ring (bicyclic) bond motifs is 4. The van der Waals surface area contributed by atoms with Gasteiger partial charge in [-0.1, -0.05) is 40.7 Å². The summed E-state index contributed by atoms with van der Waals surface area (Å²) in [5.41, 5.74) is 3.89. The molecule has 2 aromatic carbocycles. The van der Waals surface area contributed by atoms with Gasteiger partial charge >= 0.3 is 0 Å². The van der Waals surface area contributed by atoms with Crippen molar-refractivity contribution in [1.29, 1.82) is 0 Å². The van der Waals surface area contributed by atoms with Crippen LogP contribution in [0.5, 0.6) is 5.75 Å². The molecule has 1 unspecified atom stereocenters. The molecule has 5 rings (SSSR count). The molecule has 0 radical (unpaired) electrons. The normalized spacial score (nSPS) is 22.7. The standard InChI is InChI=1S/C31H40INO5Si/c1-29(2,3)28(38-39(8)9)26-23(36-31(6,7)37-26)16-35-18-11-13-19-21(15-18)30(4,5)27-24(25(19)34)20-12-10-17(32)14-22(20)33-27/h10-15,23,26,28,33,39H,16H2,1-9H3/t23-,26-,28?/m1/s1. The molecular weight excluding hydrogens is 621 g/mol. The number of aromatic amines is 1. The molecule has 1 saturated heterocycles. The maximum absolute atomic E-state index is 13.7. The largest absolute Gasteiger partial charge is 0.491 e. The van der Waals surface area contributed by atoms with E-state index in [1.54, 1.807) is 0 Å². The molecule has 1 N–H and O–H groups in total. The lowest BCUT2D eigenvalue weighted by molar-refractivity contribution is -0.160. The maximum Gasteiger partial charge on any atom is 0.195 e. The zero-order valence-electron chi connectivity index (χ0n) is 24.4. The topological polar surface area (TPSA) is 69.8 Å². The van der Waals surface area contributed by atoms with Crippen molar-refractivity contribution in [3.05, 3.63) is 62.4 Å². The lowest BCUT2D eigenvalue weighted by Gasteiger charge is -2.38. The number of carbonyl (C=O) groups excluding carboxylic acids is 1. The predicted octanol–water partition coefficient (Wildman–Crippen LogP) is 6.96. The molecule has 0 bridgehead atoms. The molecule has 0 saturated carbocycles. The molecule has 3 atom stereocenters. The minimum atomic E-state index is -1.32. The van der Waals surface area contributed by atoms with E-state index in [0.717, 1.165) is 36.9 Å². The number of nitrogens with one attached hydrogen (secondary N) is 1. The highest BCUT2D eigenvalue weighted by Gasteiger charge is 2.49. The summed E-state index contributed by atoms with van der Waals surface area (Å²) in [6, 6.07) is 12.0. The van der Waals surface area contributed by atoms with Crippen LogP contribution in [0.4, 0.5) is 0 Å². The van der Waals surface area contributed by atoms with Gasteiger partial charge in [0, 0.05) is 31.1 Å². The average molecular weight is 662 g/mol. The zero-order chi connectivity index (χ0) is 28.5. The molecule has 1 aliphatic carbocycles.